The molecule has 0 spiro atoms. The normalized spacial score (nSPS) is 15.4. The SMILES string of the molecule is CCCCN1CCN(Cc2cc(-c3ssc(=S)c3-c3ccc(C)cc3)ccc2O)CC1. The molecule has 0 saturated carbocycles. The lowest BCUT2D eigenvalue weighted by atomic mass is 10.0. The van der Waals surface area contributed by atoms with Gasteiger partial charge in [0.25, 0.3) is 0 Å². The molecule has 31 heavy (non-hydrogen) atoms. The summed E-state index contributed by atoms with van der Waals surface area (Å²) >= 11 is 5.68. The molecule has 4 rings (SSSR count). The van der Waals surface area contributed by atoms with E-state index >= 15 is 0 Å². The number of unbranched alkanes of at least 4 members (excludes halogenated alkanes) is 1. The van der Waals surface area contributed by atoms with Crippen LogP contribution in [-0.2, 0) is 6.54 Å². The second kappa shape index (κ2) is 10.4. The minimum atomic E-state index is 0.382. The van der Waals surface area contributed by atoms with Crippen LogP contribution in [0.2, 0.25) is 0 Å². The fourth-order valence-corrected chi connectivity index (χ4v) is 6.97. The number of phenols is 1. The zero-order valence-electron chi connectivity index (χ0n) is 18.3. The number of nitrogens with zero attached hydrogens (tertiary/aromatic N) is 2. The maximum atomic E-state index is 10.6. The van der Waals surface area contributed by atoms with Crippen LogP contribution in [0.5, 0.6) is 5.75 Å². The average Bonchev–Trinajstić information content (AvgIpc) is 3.16. The highest BCUT2D eigenvalue weighted by atomic mass is 32.9. The topological polar surface area (TPSA) is 26.7 Å². The van der Waals surface area contributed by atoms with Crippen LogP contribution >= 0.6 is 32.9 Å². The van der Waals surface area contributed by atoms with Crippen LogP contribution in [-0.4, -0.2) is 47.6 Å². The van der Waals surface area contributed by atoms with Crippen LogP contribution in [0.25, 0.3) is 21.6 Å². The molecular weight excluding hydrogens is 440 g/mol. The number of aromatic hydroxyl groups is 1. The number of benzene rings is 2. The Morgan fingerprint density at radius 3 is 2.32 bits per heavy atom. The van der Waals surface area contributed by atoms with Gasteiger partial charge in [-0.2, -0.15) is 0 Å². The van der Waals surface area contributed by atoms with Gasteiger partial charge in [0.05, 0.1) is 4.88 Å². The maximum absolute atomic E-state index is 10.6. The van der Waals surface area contributed by atoms with Crippen molar-refractivity contribution in [2.45, 2.75) is 33.2 Å². The van der Waals surface area contributed by atoms with Crippen molar-refractivity contribution in [1.29, 1.82) is 0 Å². The van der Waals surface area contributed by atoms with Gasteiger partial charge in [-0.3, -0.25) is 4.90 Å². The molecule has 0 bridgehead atoms. The van der Waals surface area contributed by atoms with E-state index in [9.17, 15) is 5.11 Å². The predicted molar refractivity (Wildman–Crippen MR) is 137 cm³/mol. The Bertz CT molecular complexity index is 1060. The maximum Gasteiger partial charge on any atom is 0.120 e. The Morgan fingerprint density at radius 2 is 1.61 bits per heavy atom. The molecule has 1 N–H and O–H groups in total. The molecule has 6 heteroatoms. The van der Waals surface area contributed by atoms with E-state index in [-0.39, 0.29) is 0 Å². The molecule has 0 amide bonds. The van der Waals surface area contributed by atoms with E-state index in [0.29, 0.717) is 5.75 Å². The molecule has 3 nitrogen and oxygen atoms in total. The summed E-state index contributed by atoms with van der Waals surface area (Å²) in [5.74, 6) is 0.382. The summed E-state index contributed by atoms with van der Waals surface area (Å²) in [5.41, 5.74) is 5.70. The van der Waals surface area contributed by atoms with Gasteiger partial charge in [-0.1, -0.05) is 76.1 Å². The molecule has 1 aromatic heterocycles. The third kappa shape index (κ3) is 5.44. The summed E-state index contributed by atoms with van der Waals surface area (Å²) in [6.07, 6.45) is 2.53. The third-order valence-electron chi connectivity index (χ3n) is 6.00. The van der Waals surface area contributed by atoms with Crippen molar-refractivity contribution in [3.05, 3.63) is 57.4 Å². The molecule has 0 radical (unpaired) electrons. The molecule has 2 heterocycles. The minimum absolute atomic E-state index is 0.382. The highest BCUT2D eigenvalue weighted by Crippen LogP contribution is 2.42. The Balaban J connectivity index is 1.54. The van der Waals surface area contributed by atoms with Gasteiger partial charge in [0.2, 0.25) is 0 Å². The van der Waals surface area contributed by atoms with Crippen LogP contribution in [0.1, 0.15) is 30.9 Å². The molecule has 0 unspecified atom stereocenters. The van der Waals surface area contributed by atoms with Gasteiger partial charge in [-0.15, -0.1) is 0 Å². The quantitative estimate of drug-likeness (QED) is 0.303. The van der Waals surface area contributed by atoms with Crippen molar-refractivity contribution >= 4 is 32.9 Å². The number of phenolic OH excluding ortho intramolecular Hbond substituents is 1. The fraction of sp³-hybridized carbons (Fsp3) is 0.400. The van der Waals surface area contributed by atoms with Crippen molar-refractivity contribution < 1.29 is 5.11 Å². The molecule has 1 saturated heterocycles. The molecule has 0 aliphatic carbocycles. The third-order valence-corrected chi connectivity index (χ3v) is 9.07. The standard InChI is InChI=1S/C25H30N2OS3/c1-3-4-11-26-12-14-27(15-13-26)17-21-16-20(9-10-22(21)28)24-23(25(29)31-30-24)19-7-5-18(2)6-8-19/h5-10,16,28H,3-4,11-15,17H2,1-2H3. The summed E-state index contributed by atoms with van der Waals surface area (Å²) in [6.45, 7) is 10.7. The Kier molecular flexibility index (Phi) is 7.56. The number of piperazine rings is 1. The van der Waals surface area contributed by atoms with Gasteiger partial charge < -0.3 is 10.0 Å². The van der Waals surface area contributed by atoms with E-state index < -0.39 is 0 Å². The average molecular weight is 471 g/mol. The first-order chi connectivity index (χ1) is 15.0. The molecule has 1 aliphatic rings. The van der Waals surface area contributed by atoms with Gasteiger partial charge in [0.15, 0.2) is 0 Å². The second-order valence-electron chi connectivity index (χ2n) is 8.34. The van der Waals surface area contributed by atoms with Crippen molar-refractivity contribution in [3.8, 4) is 27.3 Å². The van der Waals surface area contributed by atoms with Gasteiger partial charge in [0, 0.05) is 43.9 Å². The second-order valence-corrected chi connectivity index (χ2v) is 11.2. The summed E-state index contributed by atoms with van der Waals surface area (Å²) in [7, 11) is 3.39. The van der Waals surface area contributed by atoms with Gasteiger partial charge in [0.1, 0.15) is 9.57 Å². The Morgan fingerprint density at radius 1 is 0.935 bits per heavy atom. The fourth-order valence-electron chi connectivity index (χ4n) is 4.06. The summed E-state index contributed by atoms with van der Waals surface area (Å²) in [6, 6.07) is 14.6. The Hall–Kier alpha value is -1.57. The molecule has 3 aromatic rings. The molecule has 0 atom stereocenters. The lowest BCUT2D eigenvalue weighted by Gasteiger charge is -2.34. The summed E-state index contributed by atoms with van der Waals surface area (Å²) < 4.78 is 0.932. The molecule has 164 valence electrons. The largest absolute Gasteiger partial charge is 0.508 e. The van der Waals surface area contributed by atoms with Crippen LogP contribution in [0.4, 0.5) is 0 Å². The number of rotatable bonds is 7. The molecular formula is C25H30N2OS3. The first-order valence-electron chi connectivity index (χ1n) is 11.0. The van der Waals surface area contributed by atoms with Crippen molar-refractivity contribution in [2.75, 3.05) is 32.7 Å². The zero-order valence-corrected chi connectivity index (χ0v) is 20.7. The zero-order chi connectivity index (χ0) is 21.8. The van der Waals surface area contributed by atoms with Crippen molar-refractivity contribution in [2.24, 2.45) is 0 Å². The monoisotopic (exact) mass is 470 g/mol. The summed E-state index contributed by atoms with van der Waals surface area (Å²) in [5, 5.41) is 10.6. The van der Waals surface area contributed by atoms with E-state index in [1.54, 1.807) is 20.7 Å². The van der Waals surface area contributed by atoms with E-state index in [0.717, 1.165) is 53.2 Å². The first kappa shape index (κ1) is 22.6. The molecule has 1 aliphatic heterocycles. The minimum Gasteiger partial charge on any atom is -0.508 e. The highest BCUT2D eigenvalue weighted by molar-refractivity contribution is 7.80. The Labute approximate surface area is 198 Å². The molecule has 2 aromatic carbocycles. The van der Waals surface area contributed by atoms with Crippen LogP contribution in [0, 0.1) is 10.7 Å². The lowest BCUT2D eigenvalue weighted by molar-refractivity contribution is 0.125. The van der Waals surface area contributed by atoms with Crippen molar-refractivity contribution in [3.63, 3.8) is 0 Å². The van der Waals surface area contributed by atoms with Gasteiger partial charge in [-0.05, 0) is 49.2 Å². The van der Waals surface area contributed by atoms with Gasteiger partial charge >= 0.3 is 0 Å². The number of hydrogen-bond donors (Lipinski definition) is 1. The lowest BCUT2D eigenvalue weighted by Crippen LogP contribution is -2.46. The first-order valence-corrected chi connectivity index (χ1v) is 13.6. The molecule has 1 fully saturated rings. The predicted octanol–water partition coefficient (Wildman–Crippen LogP) is 6.80. The summed E-state index contributed by atoms with van der Waals surface area (Å²) in [4.78, 5) is 6.21. The highest BCUT2D eigenvalue weighted by Gasteiger charge is 2.19. The van der Waals surface area contributed by atoms with E-state index in [1.165, 1.54) is 35.4 Å². The number of aryl methyl sites for hydroxylation is 1. The van der Waals surface area contributed by atoms with E-state index in [4.69, 9.17) is 12.2 Å². The van der Waals surface area contributed by atoms with Crippen LogP contribution in [0.3, 0.4) is 0 Å². The van der Waals surface area contributed by atoms with Crippen LogP contribution < -0.4 is 0 Å². The van der Waals surface area contributed by atoms with Crippen molar-refractivity contribution in [1.82, 2.24) is 9.80 Å². The smallest absolute Gasteiger partial charge is 0.120 e. The van der Waals surface area contributed by atoms with E-state index in [2.05, 4.69) is 54.0 Å². The van der Waals surface area contributed by atoms with E-state index in [1.807, 2.05) is 12.1 Å². The van der Waals surface area contributed by atoms with Crippen LogP contribution in [0.15, 0.2) is 42.5 Å². The van der Waals surface area contributed by atoms with Gasteiger partial charge in [-0.25, -0.2) is 0 Å². The number of hydrogen-bond acceptors (Lipinski definition) is 6.